The molecule has 0 saturated heterocycles. The van der Waals surface area contributed by atoms with E-state index in [0.717, 1.165) is 37.5 Å². The Morgan fingerprint density at radius 2 is 2.07 bits per heavy atom. The Morgan fingerprint density at radius 1 is 1.33 bits per heavy atom. The number of fused-ring (bicyclic) bond motifs is 1. The molecule has 0 bridgehead atoms. The van der Waals surface area contributed by atoms with E-state index in [1.165, 1.54) is 6.42 Å². The number of hydrogen-bond acceptors (Lipinski definition) is 3. The van der Waals surface area contributed by atoms with Crippen LogP contribution in [0.1, 0.15) is 44.8 Å². The van der Waals surface area contributed by atoms with E-state index in [0.29, 0.717) is 6.54 Å². The Bertz CT molecular complexity index is 330. The average Bonchev–Trinajstić information content (AvgIpc) is 2.85. The predicted octanol–water partition coefficient (Wildman–Crippen LogP) is 1.24. The second-order valence-electron chi connectivity index (χ2n) is 4.39. The number of hydrogen-bond donors (Lipinski definition) is 1. The van der Waals surface area contributed by atoms with Gasteiger partial charge in [0.25, 0.3) is 0 Å². The Kier molecular flexibility index (Phi) is 2.78. The second-order valence-corrected chi connectivity index (χ2v) is 4.39. The van der Waals surface area contributed by atoms with Gasteiger partial charge in [-0.25, -0.2) is 0 Å². The third kappa shape index (κ3) is 1.47. The first-order chi connectivity index (χ1) is 7.27. The average molecular weight is 208 g/mol. The van der Waals surface area contributed by atoms with Crippen molar-refractivity contribution in [2.75, 3.05) is 6.54 Å². The van der Waals surface area contributed by atoms with Crippen LogP contribution in [0.25, 0.3) is 0 Å². The summed E-state index contributed by atoms with van der Waals surface area (Å²) < 4.78 is 2.28. The van der Waals surface area contributed by atoms with Crippen molar-refractivity contribution < 1.29 is 0 Å². The van der Waals surface area contributed by atoms with Crippen LogP contribution < -0.4 is 5.73 Å². The minimum atomic E-state index is 0.0373. The van der Waals surface area contributed by atoms with E-state index in [1.54, 1.807) is 0 Å². The van der Waals surface area contributed by atoms with E-state index in [4.69, 9.17) is 5.73 Å². The molecule has 2 heterocycles. The molecule has 1 aliphatic heterocycles. The fraction of sp³-hybridized carbons (Fsp3) is 0.818. The van der Waals surface area contributed by atoms with Crippen molar-refractivity contribution in [1.29, 1.82) is 0 Å². The van der Waals surface area contributed by atoms with Gasteiger partial charge in [-0.1, -0.05) is 13.8 Å². The largest absolute Gasteiger partial charge is 0.329 e. The number of nitrogens with two attached hydrogens (primary N) is 1. The first-order valence-electron chi connectivity index (χ1n) is 5.90. The van der Waals surface area contributed by atoms with E-state index in [9.17, 15) is 0 Å². The summed E-state index contributed by atoms with van der Waals surface area (Å²) in [7, 11) is 0. The zero-order valence-electron chi connectivity index (χ0n) is 9.66. The summed E-state index contributed by atoms with van der Waals surface area (Å²) in [6, 6.07) is 0. The van der Waals surface area contributed by atoms with Gasteiger partial charge in [-0.05, 0) is 19.3 Å². The lowest BCUT2D eigenvalue weighted by atomic mass is 9.81. The molecule has 2 rings (SSSR count). The molecular weight excluding hydrogens is 188 g/mol. The minimum Gasteiger partial charge on any atom is -0.329 e. The second kappa shape index (κ2) is 3.93. The van der Waals surface area contributed by atoms with Gasteiger partial charge in [-0.2, -0.15) is 0 Å². The van der Waals surface area contributed by atoms with Gasteiger partial charge in [-0.3, -0.25) is 0 Å². The molecule has 0 amide bonds. The SMILES string of the molecule is CCC(CC)(CN)c1nnc2n1CCC2. The molecule has 4 heteroatoms. The van der Waals surface area contributed by atoms with E-state index < -0.39 is 0 Å². The van der Waals surface area contributed by atoms with Crippen molar-refractivity contribution >= 4 is 0 Å². The molecule has 0 spiro atoms. The van der Waals surface area contributed by atoms with E-state index in [-0.39, 0.29) is 5.41 Å². The van der Waals surface area contributed by atoms with Gasteiger partial charge in [0.15, 0.2) is 0 Å². The highest BCUT2D eigenvalue weighted by molar-refractivity contribution is 5.13. The minimum absolute atomic E-state index is 0.0373. The molecule has 84 valence electrons. The molecule has 2 N–H and O–H groups in total. The zero-order valence-corrected chi connectivity index (χ0v) is 9.66. The highest BCUT2D eigenvalue weighted by atomic mass is 15.3. The van der Waals surface area contributed by atoms with Crippen LogP contribution in [0, 0.1) is 0 Å². The standard InChI is InChI=1S/C11H20N4/c1-3-11(4-2,8-12)10-14-13-9-6-5-7-15(9)10/h3-8,12H2,1-2H3. The van der Waals surface area contributed by atoms with E-state index >= 15 is 0 Å². The van der Waals surface area contributed by atoms with Crippen LogP contribution in [0.15, 0.2) is 0 Å². The van der Waals surface area contributed by atoms with Crippen molar-refractivity contribution in [1.82, 2.24) is 14.8 Å². The Balaban J connectivity index is 2.42. The summed E-state index contributed by atoms with van der Waals surface area (Å²) in [5, 5.41) is 8.62. The van der Waals surface area contributed by atoms with Gasteiger partial charge < -0.3 is 10.3 Å². The smallest absolute Gasteiger partial charge is 0.140 e. The number of aryl methyl sites for hydroxylation is 1. The Morgan fingerprint density at radius 3 is 2.67 bits per heavy atom. The van der Waals surface area contributed by atoms with Crippen LogP contribution in [-0.4, -0.2) is 21.3 Å². The van der Waals surface area contributed by atoms with Gasteiger partial charge in [0.2, 0.25) is 0 Å². The quantitative estimate of drug-likeness (QED) is 0.810. The maximum atomic E-state index is 5.93. The van der Waals surface area contributed by atoms with Crippen LogP contribution >= 0.6 is 0 Å². The molecule has 4 nitrogen and oxygen atoms in total. The number of rotatable bonds is 4. The van der Waals surface area contributed by atoms with Crippen LogP contribution in [-0.2, 0) is 18.4 Å². The zero-order chi connectivity index (χ0) is 10.9. The summed E-state index contributed by atoms with van der Waals surface area (Å²) in [4.78, 5) is 0. The van der Waals surface area contributed by atoms with Crippen molar-refractivity contribution in [3.63, 3.8) is 0 Å². The molecule has 1 aromatic rings. The van der Waals surface area contributed by atoms with Gasteiger partial charge in [-0.15, -0.1) is 10.2 Å². The van der Waals surface area contributed by atoms with Gasteiger partial charge >= 0.3 is 0 Å². The summed E-state index contributed by atoms with van der Waals surface area (Å²) in [6.07, 6.45) is 4.35. The van der Waals surface area contributed by atoms with Crippen molar-refractivity contribution in [3.8, 4) is 0 Å². The Labute approximate surface area is 90.9 Å². The normalized spacial score (nSPS) is 15.7. The molecule has 0 radical (unpaired) electrons. The van der Waals surface area contributed by atoms with Crippen molar-refractivity contribution in [3.05, 3.63) is 11.6 Å². The highest BCUT2D eigenvalue weighted by Crippen LogP contribution is 2.31. The lowest BCUT2D eigenvalue weighted by Crippen LogP contribution is -2.36. The third-order valence-electron chi connectivity index (χ3n) is 3.83. The molecule has 1 aromatic heterocycles. The van der Waals surface area contributed by atoms with Gasteiger partial charge in [0.05, 0.1) is 0 Å². The fourth-order valence-electron chi connectivity index (χ4n) is 2.49. The molecule has 15 heavy (non-hydrogen) atoms. The van der Waals surface area contributed by atoms with Crippen LogP contribution in [0.5, 0.6) is 0 Å². The molecule has 0 atom stereocenters. The molecule has 0 fully saturated rings. The van der Waals surface area contributed by atoms with E-state index in [1.807, 2.05) is 0 Å². The van der Waals surface area contributed by atoms with Crippen molar-refractivity contribution in [2.45, 2.75) is 51.5 Å². The Hall–Kier alpha value is -0.900. The molecule has 0 aromatic carbocycles. The topological polar surface area (TPSA) is 56.7 Å². The number of nitrogens with zero attached hydrogens (tertiary/aromatic N) is 3. The first-order valence-corrected chi connectivity index (χ1v) is 5.90. The van der Waals surface area contributed by atoms with Gasteiger partial charge in [0, 0.05) is 24.9 Å². The molecule has 0 aliphatic carbocycles. The van der Waals surface area contributed by atoms with Crippen LogP contribution in [0.4, 0.5) is 0 Å². The first kappa shape index (κ1) is 10.6. The summed E-state index contributed by atoms with van der Waals surface area (Å²) in [5.41, 5.74) is 5.97. The van der Waals surface area contributed by atoms with E-state index in [2.05, 4.69) is 28.6 Å². The third-order valence-corrected chi connectivity index (χ3v) is 3.83. The lowest BCUT2D eigenvalue weighted by Gasteiger charge is -2.29. The van der Waals surface area contributed by atoms with Crippen LogP contribution in [0.3, 0.4) is 0 Å². The molecule has 0 unspecified atom stereocenters. The molecule has 0 saturated carbocycles. The monoisotopic (exact) mass is 208 g/mol. The summed E-state index contributed by atoms with van der Waals surface area (Å²) >= 11 is 0. The molecular formula is C11H20N4. The number of aromatic nitrogens is 3. The van der Waals surface area contributed by atoms with Crippen LogP contribution in [0.2, 0.25) is 0 Å². The maximum absolute atomic E-state index is 5.93. The van der Waals surface area contributed by atoms with Gasteiger partial charge in [0.1, 0.15) is 11.6 Å². The van der Waals surface area contributed by atoms with Crippen molar-refractivity contribution in [2.24, 2.45) is 5.73 Å². The predicted molar refractivity (Wildman–Crippen MR) is 59.7 cm³/mol. The summed E-state index contributed by atoms with van der Waals surface area (Å²) in [6.45, 7) is 6.11. The fourth-order valence-corrected chi connectivity index (χ4v) is 2.49. The molecule has 1 aliphatic rings. The lowest BCUT2D eigenvalue weighted by molar-refractivity contribution is 0.366. The summed E-state index contributed by atoms with van der Waals surface area (Å²) in [5.74, 6) is 2.26. The maximum Gasteiger partial charge on any atom is 0.140 e. The highest BCUT2D eigenvalue weighted by Gasteiger charge is 2.34.